The van der Waals surface area contributed by atoms with Gasteiger partial charge >= 0.3 is 0 Å². The van der Waals surface area contributed by atoms with E-state index in [1.54, 1.807) is 6.07 Å². The van der Waals surface area contributed by atoms with Gasteiger partial charge in [-0.3, -0.25) is 0 Å². The summed E-state index contributed by atoms with van der Waals surface area (Å²) in [5.74, 6) is 5.43. The Morgan fingerprint density at radius 3 is 3.18 bits per heavy atom. The van der Waals surface area contributed by atoms with Gasteiger partial charge in [0, 0.05) is 11.5 Å². The summed E-state index contributed by atoms with van der Waals surface area (Å²) in [6.07, 6.45) is 1.29. The Hall–Kier alpha value is -2.35. The summed E-state index contributed by atoms with van der Waals surface area (Å²) in [5.41, 5.74) is 9.89. The van der Waals surface area contributed by atoms with Crippen LogP contribution in [0.3, 0.4) is 0 Å². The Bertz CT molecular complexity index is 547. The smallest absolute Gasteiger partial charge is 0.249 e. The molecule has 0 saturated carbocycles. The second kappa shape index (κ2) is 4.66. The number of nitrogens with zero attached hydrogens (tertiary/aromatic N) is 3. The minimum atomic E-state index is 0.425. The van der Waals surface area contributed by atoms with Crippen LogP contribution in [0.15, 0.2) is 23.3 Å². The summed E-state index contributed by atoms with van der Waals surface area (Å²) in [5, 5.41) is 21.0. The van der Waals surface area contributed by atoms with Crippen LogP contribution in [-0.4, -0.2) is 16.1 Å². The fraction of sp³-hybridized carbons (Fsp3) is 0.222. The van der Waals surface area contributed by atoms with Crippen molar-refractivity contribution in [3.8, 4) is 0 Å². The van der Waals surface area contributed by atoms with E-state index < -0.39 is 0 Å². The van der Waals surface area contributed by atoms with Gasteiger partial charge in [-0.05, 0) is 24.1 Å². The monoisotopic (exact) mass is 235 g/mol. The van der Waals surface area contributed by atoms with E-state index in [2.05, 4.69) is 20.9 Å². The molecule has 0 spiro atoms. The van der Waals surface area contributed by atoms with Gasteiger partial charge in [-0.25, -0.2) is 11.4 Å². The summed E-state index contributed by atoms with van der Waals surface area (Å²) >= 11 is 0. The maximum absolute atomic E-state index is 11.2. The van der Waals surface area contributed by atoms with Crippen LogP contribution in [0.4, 0.5) is 0 Å². The fourth-order valence-electron chi connectivity index (χ4n) is 1.55. The number of benzene rings is 1. The third-order valence-electron chi connectivity index (χ3n) is 2.40. The van der Waals surface area contributed by atoms with E-state index in [-0.39, 0.29) is 0 Å². The number of fused-ring (bicyclic) bond motifs is 1. The number of hydrazine groups is 1. The predicted molar refractivity (Wildman–Crippen MR) is 62.3 cm³/mol. The molecule has 0 radical (unpaired) electrons. The number of hydrazone groups is 1. The van der Waals surface area contributed by atoms with Crippen molar-refractivity contribution in [1.82, 2.24) is 15.8 Å². The van der Waals surface area contributed by atoms with Crippen LogP contribution in [0.25, 0.3) is 11.0 Å². The lowest BCUT2D eigenvalue weighted by molar-refractivity contribution is -0.644. The maximum Gasteiger partial charge on any atom is 0.249 e. The molecule has 0 aliphatic carbocycles. The molecule has 0 aliphatic heterocycles. The van der Waals surface area contributed by atoms with Gasteiger partial charge in [-0.15, -0.1) is 0 Å². The van der Waals surface area contributed by atoms with Crippen molar-refractivity contribution in [3.63, 3.8) is 0 Å². The van der Waals surface area contributed by atoms with Crippen molar-refractivity contribution in [2.45, 2.75) is 12.8 Å². The molecule has 1 aromatic carbocycles. The lowest BCUT2D eigenvalue weighted by Gasteiger charge is -2.00. The summed E-state index contributed by atoms with van der Waals surface area (Å²) in [6.45, 7) is 0. The van der Waals surface area contributed by atoms with E-state index in [0.29, 0.717) is 34.6 Å². The summed E-state index contributed by atoms with van der Waals surface area (Å²) in [6, 6.07) is 5.41. The molecule has 90 valence electrons. The number of aromatic nitrogens is 3. The van der Waals surface area contributed by atoms with E-state index in [1.165, 1.54) is 0 Å². The first kappa shape index (κ1) is 11.1. The van der Waals surface area contributed by atoms with Crippen molar-refractivity contribution in [1.29, 1.82) is 0 Å². The highest BCUT2D eigenvalue weighted by molar-refractivity contribution is 5.80. The van der Waals surface area contributed by atoms with E-state index in [0.717, 1.165) is 5.56 Å². The van der Waals surface area contributed by atoms with Gasteiger partial charge in [0.15, 0.2) is 0 Å². The second-order valence-electron chi connectivity index (χ2n) is 3.56. The van der Waals surface area contributed by atoms with Crippen molar-refractivity contribution < 1.29 is 4.85 Å². The van der Waals surface area contributed by atoms with E-state index >= 15 is 0 Å². The number of nitrogens with one attached hydrogen (secondary N) is 2. The van der Waals surface area contributed by atoms with Gasteiger partial charge in [0.2, 0.25) is 11.0 Å². The molecule has 0 amide bonds. The zero-order valence-electron chi connectivity index (χ0n) is 9.05. The number of aromatic amines is 1. The summed E-state index contributed by atoms with van der Waals surface area (Å²) < 4.78 is 0. The molecule has 0 fully saturated rings. The lowest BCUT2D eigenvalue weighted by atomic mass is 10.1. The van der Waals surface area contributed by atoms with Crippen molar-refractivity contribution in [2.75, 3.05) is 0 Å². The Kier molecular flexibility index (Phi) is 3.06. The van der Waals surface area contributed by atoms with E-state index in [1.807, 2.05) is 12.1 Å². The van der Waals surface area contributed by atoms with Crippen LogP contribution in [0.2, 0.25) is 0 Å². The van der Waals surface area contributed by atoms with Gasteiger partial charge in [-0.1, -0.05) is 11.3 Å². The number of nitrogens with two attached hydrogens (primary N) is 2. The zero-order valence-corrected chi connectivity index (χ0v) is 9.05. The third kappa shape index (κ3) is 2.42. The quantitative estimate of drug-likeness (QED) is 0.133. The van der Waals surface area contributed by atoms with Crippen LogP contribution < -0.4 is 22.0 Å². The van der Waals surface area contributed by atoms with Gasteiger partial charge in [-0.2, -0.15) is 9.95 Å². The van der Waals surface area contributed by atoms with Crippen molar-refractivity contribution in [2.24, 2.45) is 16.7 Å². The van der Waals surface area contributed by atoms with Crippen LogP contribution in [-0.2, 0) is 6.42 Å². The summed E-state index contributed by atoms with van der Waals surface area (Å²) in [4.78, 5) is 0.618. The fourth-order valence-corrected chi connectivity index (χ4v) is 1.55. The standard InChI is InChI=1S/C9H13N7O/c10-9(13-14-11)4-2-6-1-3-8-7(5-6)12-15-16(8)17/h1,3,5,14-15H,2,4,11H2,(H2,10,13). The summed E-state index contributed by atoms with van der Waals surface area (Å²) in [7, 11) is 0. The molecule has 2 rings (SSSR count). The minimum Gasteiger partial charge on any atom is -0.692 e. The lowest BCUT2D eigenvalue weighted by Crippen LogP contribution is -2.27. The molecule has 0 saturated heterocycles. The average molecular weight is 235 g/mol. The topological polar surface area (TPSA) is 132 Å². The van der Waals surface area contributed by atoms with Crippen LogP contribution in [0.5, 0.6) is 0 Å². The molecular weight excluding hydrogens is 222 g/mol. The molecule has 8 nitrogen and oxygen atoms in total. The third-order valence-corrected chi connectivity index (χ3v) is 2.40. The Labute approximate surface area is 96.8 Å². The first-order chi connectivity index (χ1) is 8.20. The molecule has 2 aromatic rings. The maximum atomic E-state index is 11.2. The van der Waals surface area contributed by atoms with Crippen molar-refractivity contribution in [3.05, 3.63) is 29.0 Å². The highest BCUT2D eigenvalue weighted by atomic mass is 16.5. The highest BCUT2D eigenvalue weighted by Crippen LogP contribution is 2.11. The molecule has 6 N–H and O–H groups in total. The molecule has 0 unspecified atom stereocenters. The Morgan fingerprint density at radius 2 is 2.41 bits per heavy atom. The van der Waals surface area contributed by atoms with Gasteiger partial charge in [0.05, 0.1) is 0 Å². The first-order valence-corrected chi connectivity index (χ1v) is 5.05. The SMILES string of the molecule is NN/N=C(\N)CCc1ccc2c(c1)n[nH][n+]2[O-]. The molecule has 0 bridgehead atoms. The zero-order chi connectivity index (χ0) is 12.3. The number of aryl methyl sites for hydroxylation is 1. The first-order valence-electron chi connectivity index (χ1n) is 5.05. The minimum absolute atomic E-state index is 0.425. The van der Waals surface area contributed by atoms with E-state index in [9.17, 15) is 5.21 Å². The van der Waals surface area contributed by atoms with Crippen LogP contribution >= 0.6 is 0 Å². The molecule has 0 atom stereocenters. The van der Waals surface area contributed by atoms with Crippen LogP contribution in [0, 0.1) is 5.21 Å². The normalized spacial score (nSPS) is 11.9. The molecule has 8 heteroatoms. The molecule has 0 aliphatic rings. The Balaban J connectivity index is 2.12. The number of hydrogen-bond acceptors (Lipinski definition) is 5. The molecule has 1 heterocycles. The van der Waals surface area contributed by atoms with Crippen LogP contribution in [0.1, 0.15) is 12.0 Å². The second-order valence-corrected chi connectivity index (χ2v) is 3.56. The number of H-pyrrole nitrogens is 1. The number of rotatable bonds is 4. The molecular formula is C9H13N7O. The molecule has 1 aromatic heterocycles. The average Bonchev–Trinajstić information content (AvgIpc) is 2.69. The van der Waals surface area contributed by atoms with Gasteiger partial charge < -0.3 is 10.9 Å². The van der Waals surface area contributed by atoms with E-state index in [4.69, 9.17) is 11.6 Å². The van der Waals surface area contributed by atoms with Gasteiger partial charge in [0.1, 0.15) is 5.84 Å². The van der Waals surface area contributed by atoms with Crippen molar-refractivity contribution >= 4 is 16.9 Å². The largest absolute Gasteiger partial charge is 0.692 e. The Morgan fingerprint density at radius 1 is 1.59 bits per heavy atom. The predicted octanol–water partition coefficient (Wildman–Crippen LogP) is -1.14. The number of amidine groups is 1. The highest BCUT2D eigenvalue weighted by Gasteiger charge is 2.08. The molecule has 17 heavy (non-hydrogen) atoms. The number of hydrogen-bond donors (Lipinski definition) is 4. The van der Waals surface area contributed by atoms with Gasteiger partial charge in [0.25, 0.3) is 0 Å².